The smallest absolute Gasteiger partial charge is 0.335 e. The van der Waals surface area contributed by atoms with Gasteiger partial charge in [0.15, 0.2) is 0 Å². The maximum atomic E-state index is 13.0. The number of hydrogen-bond donors (Lipinski definition) is 1. The topological polar surface area (TPSA) is 119 Å². The molecule has 1 N–H and O–H groups in total. The molecule has 2 aromatic rings. The Labute approximate surface area is 187 Å². The van der Waals surface area contributed by atoms with Gasteiger partial charge in [0.2, 0.25) is 0 Å². The summed E-state index contributed by atoms with van der Waals surface area (Å²) in [4.78, 5) is 48.6. The normalized spacial score (nSPS) is 15.4. The van der Waals surface area contributed by atoms with Gasteiger partial charge in [-0.3, -0.25) is 25.0 Å². The van der Waals surface area contributed by atoms with E-state index in [0.29, 0.717) is 26.9 Å². The van der Waals surface area contributed by atoms with E-state index in [4.69, 9.17) is 4.74 Å². The molecule has 154 valence electrons. The highest BCUT2D eigenvalue weighted by Crippen LogP contribution is 2.35. The minimum absolute atomic E-state index is 0.0851. The van der Waals surface area contributed by atoms with Crippen molar-refractivity contribution in [2.24, 2.45) is 0 Å². The zero-order chi connectivity index (χ0) is 22.0. The Balaban J connectivity index is 2.06. The van der Waals surface area contributed by atoms with Crippen LogP contribution in [-0.4, -0.2) is 29.4 Å². The van der Waals surface area contributed by atoms with Crippen molar-refractivity contribution in [1.82, 2.24) is 5.32 Å². The summed E-state index contributed by atoms with van der Waals surface area (Å²) in [6.07, 6.45) is 1.32. The number of rotatable bonds is 5. The zero-order valence-corrected chi connectivity index (χ0v) is 18.5. The van der Waals surface area contributed by atoms with Crippen molar-refractivity contribution >= 4 is 67.2 Å². The van der Waals surface area contributed by atoms with E-state index in [1.807, 2.05) is 0 Å². The highest BCUT2D eigenvalue weighted by Gasteiger charge is 2.37. The number of hydrogen-bond acceptors (Lipinski definition) is 6. The number of carbonyl (C=O) groups excluding carboxylic acids is 3. The molecule has 1 fully saturated rings. The van der Waals surface area contributed by atoms with Crippen LogP contribution < -0.4 is 15.0 Å². The second kappa shape index (κ2) is 8.76. The Morgan fingerprint density at radius 2 is 1.83 bits per heavy atom. The van der Waals surface area contributed by atoms with Crippen molar-refractivity contribution in [1.29, 1.82) is 0 Å². The standard InChI is InChI=1S/C19H13Br2N3O6/c1-2-30-16-10(7-11(20)9-15(16)21)8-14-17(25)22-19(27)23(18(14)26)12-3-5-13(6-4-12)24(28)29/h3-9H,2H2,1H3,(H,22,25,27)/b14-8+. The highest BCUT2D eigenvalue weighted by atomic mass is 79.9. The molecule has 1 heterocycles. The lowest BCUT2D eigenvalue weighted by atomic mass is 10.1. The Hall–Kier alpha value is -3.05. The number of anilines is 1. The van der Waals surface area contributed by atoms with Gasteiger partial charge in [0.05, 0.1) is 21.7 Å². The van der Waals surface area contributed by atoms with Crippen LogP contribution in [-0.2, 0) is 9.59 Å². The van der Waals surface area contributed by atoms with Crippen LogP contribution >= 0.6 is 31.9 Å². The summed E-state index contributed by atoms with van der Waals surface area (Å²) in [5.41, 5.74) is 0.0336. The predicted octanol–water partition coefficient (Wildman–Crippen LogP) is 4.18. The van der Waals surface area contributed by atoms with Crippen molar-refractivity contribution < 1.29 is 24.0 Å². The number of imide groups is 2. The summed E-state index contributed by atoms with van der Waals surface area (Å²) in [5.74, 6) is -1.30. The maximum absolute atomic E-state index is 13.0. The minimum Gasteiger partial charge on any atom is -0.492 e. The molecule has 0 bridgehead atoms. The molecule has 11 heteroatoms. The molecule has 0 spiro atoms. The quantitative estimate of drug-likeness (QED) is 0.264. The summed E-state index contributed by atoms with van der Waals surface area (Å²) < 4.78 is 6.89. The first-order valence-electron chi connectivity index (χ1n) is 8.50. The van der Waals surface area contributed by atoms with Gasteiger partial charge in [0.25, 0.3) is 17.5 Å². The molecule has 30 heavy (non-hydrogen) atoms. The number of halogens is 2. The first kappa shape index (κ1) is 21.7. The largest absolute Gasteiger partial charge is 0.492 e. The first-order chi connectivity index (χ1) is 14.2. The van der Waals surface area contributed by atoms with E-state index in [-0.39, 0.29) is 16.9 Å². The molecule has 2 aromatic carbocycles. The van der Waals surface area contributed by atoms with Gasteiger partial charge < -0.3 is 4.74 Å². The molecular weight excluding hydrogens is 526 g/mol. The molecule has 1 aliphatic heterocycles. The van der Waals surface area contributed by atoms with Gasteiger partial charge in [-0.05, 0) is 53.2 Å². The van der Waals surface area contributed by atoms with E-state index >= 15 is 0 Å². The molecule has 1 saturated heterocycles. The van der Waals surface area contributed by atoms with Crippen LogP contribution in [0.25, 0.3) is 6.08 Å². The second-order valence-electron chi connectivity index (χ2n) is 5.97. The molecule has 0 aliphatic carbocycles. The average Bonchev–Trinajstić information content (AvgIpc) is 2.68. The summed E-state index contributed by atoms with van der Waals surface area (Å²) >= 11 is 6.73. The molecule has 4 amide bonds. The number of nitrogens with one attached hydrogen (secondary N) is 1. The third kappa shape index (κ3) is 4.26. The number of urea groups is 1. The molecule has 1 aliphatic rings. The van der Waals surface area contributed by atoms with E-state index in [1.54, 1.807) is 19.1 Å². The fourth-order valence-corrected chi connectivity index (χ4v) is 4.13. The van der Waals surface area contributed by atoms with Crippen molar-refractivity contribution in [3.05, 3.63) is 66.6 Å². The van der Waals surface area contributed by atoms with E-state index in [9.17, 15) is 24.5 Å². The van der Waals surface area contributed by atoms with Crippen molar-refractivity contribution in [2.75, 3.05) is 11.5 Å². The molecular formula is C19H13Br2N3O6. The Bertz CT molecular complexity index is 1100. The summed E-state index contributed by atoms with van der Waals surface area (Å²) in [6, 6.07) is 7.30. The number of amides is 4. The molecule has 9 nitrogen and oxygen atoms in total. The Morgan fingerprint density at radius 3 is 2.43 bits per heavy atom. The minimum atomic E-state index is -0.948. The fourth-order valence-electron chi connectivity index (χ4n) is 2.75. The van der Waals surface area contributed by atoms with Gasteiger partial charge in [-0.25, -0.2) is 9.69 Å². The van der Waals surface area contributed by atoms with Crippen molar-refractivity contribution in [2.45, 2.75) is 6.92 Å². The van der Waals surface area contributed by atoms with E-state index < -0.39 is 22.8 Å². The van der Waals surface area contributed by atoms with Crippen LogP contribution in [0.4, 0.5) is 16.2 Å². The number of benzene rings is 2. The SMILES string of the molecule is CCOc1c(Br)cc(Br)cc1/C=C1\C(=O)NC(=O)N(c2ccc([N+](=O)[O-])cc2)C1=O. The highest BCUT2D eigenvalue weighted by molar-refractivity contribution is 9.11. The van der Waals surface area contributed by atoms with Gasteiger partial charge in [0.1, 0.15) is 11.3 Å². The molecule has 0 aromatic heterocycles. The fraction of sp³-hybridized carbons (Fsp3) is 0.105. The van der Waals surface area contributed by atoms with E-state index in [0.717, 1.165) is 17.0 Å². The van der Waals surface area contributed by atoms with Gasteiger partial charge in [-0.15, -0.1) is 0 Å². The average molecular weight is 539 g/mol. The van der Waals surface area contributed by atoms with Crippen LogP contribution in [0.15, 0.2) is 50.9 Å². The Kier molecular flexibility index (Phi) is 6.32. The van der Waals surface area contributed by atoms with Crippen LogP contribution in [0, 0.1) is 10.1 Å². The third-order valence-electron chi connectivity index (χ3n) is 4.05. The summed E-state index contributed by atoms with van der Waals surface area (Å²) in [5, 5.41) is 12.9. The number of nitrogens with zero attached hydrogens (tertiary/aromatic N) is 2. The van der Waals surface area contributed by atoms with E-state index in [1.165, 1.54) is 18.2 Å². The van der Waals surface area contributed by atoms with Crippen LogP contribution in [0.3, 0.4) is 0 Å². The maximum Gasteiger partial charge on any atom is 0.335 e. The van der Waals surface area contributed by atoms with Gasteiger partial charge in [-0.2, -0.15) is 0 Å². The van der Waals surface area contributed by atoms with Crippen LogP contribution in [0.1, 0.15) is 12.5 Å². The number of nitro benzene ring substituents is 1. The molecule has 0 atom stereocenters. The molecule has 0 unspecified atom stereocenters. The number of nitro groups is 1. The summed E-state index contributed by atoms with van der Waals surface area (Å²) in [7, 11) is 0. The first-order valence-corrected chi connectivity index (χ1v) is 10.1. The second-order valence-corrected chi connectivity index (χ2v) is 7.74. The van der Waals surface area contributed by atoms with Crippen molar-refractivity contribution in [3.63, 3.8) is 0 Å². The lowest BCUT2D eigenvalue weighted by molar-refractivity contribution is -0.384. The molecule has 0 radical (unpaired) electrons. The van der Waals surface area contributed by atoms with E-state index in [2.05, 4.69) is 37.2 Å². The van der Waals surface area contributed by atoms with Crippen LogP contribution in [0.2, 0.25) is 0 Å². The zero-order valence-electron chi connectivity index (χ0n) is 15.3. The molecule has 0 saturated carbocycles. The number of ether oxygens (including phenoxy) is 1. The van der Waals surface area contributed by atoms with Crippen molar-refractivity contribution in [3.8, 4) is 5.75 Å². The lowest BCUT2D eigenvalue weighted by Crippen LogP contribution is -2.54. The monoisotopic (exact) mass is 537 g/mol. The summed E-state index contributed by atoms with van der Waals surface area (Å²) in [6.45, 7) is 2.14. The number of non-ortho nitro benzene ring substituents is 1. The van der Waals surface area contributed by atoms with Gasteiger partial charge in [0, 0.05) is 22.2 Å². The molecule has 3 rings (SSSR count). The predicted molar refractivity (Wildman–Crippen MR) is 115 cm³/mol. The van der Waals surface area contributed by atoms with Gasteiger partial charge in [-0.1, -0.05) is 15.9 Å². The van der Waals surface area contributed by atoms with Crippen LogP contribution in [0.5, 0.6) is 5.75 Å². The Morgan fingerprint density at radius 1 is 1.17 bits per heavy atom. The number of carbonyl (C=O) groups is 3. The number of barbiturate groups is 1. The van der Waals surface area contributed by atoms with Gasteiger partial charge >= 0.3 is 6.03 Å². The lowest BCUT2D eigenvalue weighted by Gasteiger charge is -2.26. The third-order valence-corrected chi connectivity index (χ3v) is 5.09.